The van der Waals surface area contributed by atoms with Crippen LogP contribution < -0.4 is 5.32 Å². The van der Waals surface area contributed by atoms with E-state index in [2.05, 4.69) is 20.6 Å². The zero-order chi connectivity index (χ0) is 15.9. The minimum absolute atomic E-state index is 0.655. The van der Waals surface area contributed by atoms with Gasteiger partial charge in [0.05, 0.1) is 12.7 Å². The van der Waals surface area contributed by atoms with Gasteiger partial charge in [-0.2, -0.15) is 10.1 Å². The topological polar surface area (TPSA) is 68.8 Å². The fourth-order valence-corrected chi connectivity index (χ4v) is 2.33. The van der Waals surface area contributed by atoms with Crippen LogP contribution in [0.25, 0.3) is 11.4 Å². The van der Waals surface area contributed by atoms with Crippen molar-refractivity contribution in [2.75, 3.05) is 13.1 Å². The summed E-state index contributed by atoms with van der Waals surface area (Å²) in [6.07, 6.45) is 5.67. The van der Waals surface area contributed by atoms with E-state index in [1.807, 2.05) is 54.3 Å². The van der Waals surface area contributed by atoms with Gasteiger partial charge in [-0.3, -0.25) is 4.68 Å². The van der Waals surface area contributed by atoms with Crippen molar-refractivity contribution in [1.29, 1.82) is 0 Å². The average Bonchev–Trinajstić information content (AvgIpc) is 3.21. The summed E-state index contributed by atoms with van der Waals surface area (Å²) >= 11 is 0. The molecule has 0 unspecified atom stereocenters. The third-order valence-corrected chi connectivity index (χ3v) is 3.52. The smallest absolute Gasteiger partial charge is 0.227 e. The van der Waals surface area contributed by atoms with Crippen molar-refractivity contribution in [3.63, 3.8) is 0 Å². The zero-order valence-corrected chi connectivity index (χ0v) is 13.3. The van der Waals surface area contributed by atoms with Crippen molar-refractivity contribution < 1.29 is 4.52 Å². The molecule has 0 saturated heterocycles. The molecule has 0 radical (unpaired) electrons. The second-order valence-electron chi connectivity index (χ2n) is 5.51. The lowest BCUT2D eigenvalue weighted by molar-refractivity contribution is 0.374. The van der Waals surface area contributed by atoms with Crippen LogP contribution in [0.15, 0.2) is 47.2 Å². The molecule has 6 heteroatoms. The zero-order valence-electron chi connectivity index (χ0n) is 13.3. The molecule has 3 aromatic rings. The molecule has 1 N–H and O–H groups in total. The summed E-state index contributed by atoms with van der Waals surface area (Å²) in [7, 11) is 0. The number of hydrogen-bond donors (Lipinski definition) is 1. The molecular weight excluding hydrogens is 290 g/mol. The fourth-order valence-electron chi connectivity index (χ4n) is 2.33. The van der Waals surface area contributed by atoms with Gasteiger partial charge >= 0.3 is 0 Å². The van der Waals surface area contributed by atoms with Gasteiger partial charge in [-0.05, 0) is 25.5 Å². The summed E-state index contributed by atoms with van der Waals surface area (Å²) in [6.45, 7) is 4.75. The van der Waals surface area contributed by atoms with Crippen LogP contribution in [0, 0.1) is 6.92 Å². The molecule has 0 atom stereocenters. The normalized spacial score (nSPS) is 11.0. The Morgan fingerprint density at radius 2 is 2.04 bits per heavy atom. The molecule has 0 spiro atoms. The highest BCUT2D eigenvalue weighted by atomic mass is 16.5. The van der Waals surface area contributed by atoms with Gasteiger partial charge in [-0.1, -0.05) is 35.5 Å². The molecular formula is C17H21N5O. The lowest BCUT2D eigenvalue weighted by Crippen LogP contribution is -2.21. The Morgan fingerprint density at radius 3 is 2.83 bits per heavy atom. The summed E-state index contributed by atoms with van der Waals surface area (Å²) in [6, 6.07) is 9.87. The fraction of sp³-hybridized carbons (Fsp3) is 0.353. The lowest BCUT2D eigenvalue weighted by Gasteiger charge is -2.03. The molecule has 0 bridgehead atoms. The first-order chi connectivity index (χ1) is 11.3. The number of aryl methyl sites for hydroxylation is 2. The highest BCUT2D eigenvalue weighted by Crippen LogP contribution is 2.15. The highest BCUT2D eigenvalue weighted by molar-refractivity contribution is 5.53. The van der Waals surface area contributed by atoms with Gasteiger partial charge < -0.3 is 9.84 Å². The Hall–Kier alpha value is -2.47. The Bertz CT molecular complexity index is 719. The number of hydrogen-bond acceptors (Lipinski definition) is 5. The third kappa shape index (κ3) is 4.50. The van der Waals surface area contributed by atoms with Crippen LogP contribution in [0.2, 0.25) is 0 Å². The molecule has 120 valence electrons. The largest absolute Gasteiger partial charge is 0.339 e. The van der Waals surface area contributed by atoms with Gasteiger partial charge in [0, 0.05) is 24.7 Å². The van der Waals surface area contributed by atoms with Crippen LogP contribution in [0.1, 0.15) is 17.9 Å². The monoisotopic (exact) mass is 311 g/mol. The van der Waals surface area contributed by atoms with Gasteiger partial charge in [0.15, 0.2) is 0 Å². The maximum Gasteiger partial charge on any atom is 0.227 e. The van der Waals surface area contributed by atoms with E-state index in [-0.39, 0.29) is 0 Å². The molecule has 0 aliphatic heterocycles. The summed E-state index contributed by atoms with van der Waals surface area (Å²) in [5.41, 5.74) is 2.17. The molecule has 0 amide bonds. The standard InChI is InChI=1S/C17H21N5O/c1-14-12-19-22(13-14)11-10-18-9-5-8-16-20-17(21-23-16)15-6-3-2-4-7-15/h2-4,6-7,12-13,18H,5,8-11H2,1H3. The molecule has 0 aliphatic rings. The molecule has 0 aliphatic carbocycles. The Balaban J connectivity index is 1.35. The first-order valence-electron chi connectivity index (χ1n) is 7.89. The van der Waals surface area contributed by atoms with Crippen LogP contribution in [0.5, 0.6) is 0 Å². The second kappa shape index (κ2) is 7.69. The Labute approximate surface area is 135 Å². The van der Waals surface area contributed by atoms with Gasteiger partial charge in [0.1, 0.15) is 0 Å². The van der Waals surface area contributed by atoms with Crippen molar-refractivity contribution in [2.24, 2.45) is 0 Å². The molecule has 23 heavy (non-hydrogen) atoms. The number of benzene rings is 1. The van der Waals surface area contributed by atoms with Crippen molar-refractivity contribution in [3.8, 4) is 11.4 Å². The number of nitrogens with one attached hydrogen (secondary N) is 1. The van der Waals surface area contributed by atoms with Crippen LogP contribution in [-0.2, 0) is 13.0 Å². The molecule has 3 rings (SSSR count). The summed E-state index contributed by atoms with van der Waals surface area (Å²) in [5.74, 6) is 1.34. The SMILES string of the molecule is Cc1cnn(CCNCCCc2nc(-c3ccccc3)no2)c1. The predicted molar refractivity (Wildman–Crippen MR) is 87.9 cm³/mol. The molecule has 2 heterocycles. The van der Waals surface area contributed by atoms with E-state index in [0.717, 1.165) is 38.0 Å². The predicted octanol–water partition coefficient (Wildman–Crippen LogP) is 2.46. The van der Waals surface area contributed by atoms with Crippen molar-refractivity contribution in [2.45, 2.75) is 26.3 Å². The van der Waals surface area contributed by atoms with E-state index in [1.165, 1.54) is 5.56 Å². The molecule has 1 aromatic carbocycles. The average molecular weight is 311 g/mol. The first kappa shape index (κ1) is 15.4. The highest BCUT2D eigenvalue weighted by Gasteiger charge is 2.07. The lowest BCUT2D eigenvalue weighted by atomic mass is 10.2. The van der Waals surface area contributed by atoms with Gasteiger partial charge in [-0.15, -0.1) is 0 Å². The molecule has 0 fully saturated rings. The molecule has 2 aromatic heterocycles. The summed E-state index contributed by atoms with van der Waals surface area (Å²) in [4.78, 5) is 4.43. The van der Waals surface area contributed by atoms with Gasteiger partial charge in [-0.25, -0.2) is 0 Å². The molecule has 0 saturated carbocycles. The van der Waals surface area contributed by atoms with Crippen molar-refractivity contribution in [3.05, 3.63) is 54.2 Å². The van der Waals surface area contributed by atoms with Crippen molar-refractivity contribution in [1.82, 2.24) is 25.2 Å². The Kier molecular flexibility index (Phi) is 5.16. The van der Waals surface area contributed by atoms with Gasteiger partial charge in [0.2, 0.25) is 11.7 Å². The van der Waals surface area contributed by atoms with Crippen molar-refractivity contribution >= 4 is 0 Å². The van der Waals surface area contributed by atoms with Crippen LogP contribution in [-0.4, -0.2) is 33.0 Å². The summed E-state index contributed by atoms with van der Waals surface area (Å²) < 4.78 is 7.25. The van der Waals surface area contributed by atoms with E-state index >= 15 is 0 Å². The number of rotatable bonds is 8. The molecule has 6 nitrogen and oxygen atoms in total. The first-order valence-corrected chi connectivity index (χ1v) is 7.89. The minimum atomic E-state index is 0.655. The maximum absolute atomic E-state index is 5.29. The van der Waals surface area contributed by atoms with Crippen LogP contribution in [0.4, 0.5) is 0 Å². The quantitative estimate of drug-likeness (QED) is 0.647. The van der Waals surface area contributed by atoms with E-state index < -0.39 is 0 Å². The van der Waals surface area contributed by atoms with Crippen LogP contribution >= 0.6 is 0 Å². The van der Waals surface area contributed by atoms with E-state index in [4.69, 9.17) is 4.52 Å². The van der Waals surface area contributed by atoms with E-state index in [9.17, 15) is 0 Å². The second-order valence-corrected chi connectivity index (χ2v) is 5.51. The summed E-state index contributed by atoms with van der Waals surface area (Å²) in [5, 5.41) is 11.7. The maximum atomic E-state index is 5.29. The van der Waals surface area contributed by atoms with Crippen LogP contribution in [0.3, 0.4) is 0 Å². The van der Waals surface area contributed by atoms with E-state index in [1.54, 1.807) is 0 Å². The Morgan fingerprint density at radius 1 is 1.17 bits per heavy atom. The third-order valence-electron chi connectivity index (χ3n) is 3.52. The number of nitrogens with zero attached hydrogens (tertiary/aromatic N) is 4. The van der Waals surface area contributed by atoms with Gasteiger partial charge in [0.25, 0.3) is 0 Å². The number of aromatic nitrogens is 4. The minimum Gasteiger partial charge on any atom is -0.339 e. The van der Waals surface area contributed by atoms with E-state index in [0.29, 0.717) is 11.7 Å².